The van der Waals surface area contributed by atoms with Crippen molar-refractivity contribution in [3.8, 4) is 0 Å². The molecule has 0 unspecified atom stereocenters. The van der Waals surface area contributed by atoms with Crippen molar-refractivity contribution in [2.45, 2.75) is 135 Å². The topological polar surface area (TPSA) is 44.5 Å². The van der Waals surface area contributed by atoms with Gasteiger partial charge in [0.2, 0.25) is 0 Å². The summed E-state index contributed by atoms with van der Waals surface area (Å²) < 4.78 is 15.4. The molecule has 204 valence electrons. The molecule has 6 heteroatoms. The number of aryl methyl sites for hydroxylation is 1. The van der Waals surface area contributed by atoms with Gasteiger partial charge in [-0.1, -0.05) is 95.2 Å². The van der Waals surface area contributed by atoms with E-state index in [0.717, 1.165) is 12.8 Å². The van der Waals surface area contributed by atoms with E-state index in [9.17, 15) is 0 Å². The van der Waals surface area contributed by atoms with Crippen molar-refractivity contribution >= 4 is 39.2 Å². The number of halogens is 1. The molecule has 1 aromatic carbocycles. The molecule has 35 heavy (non-hydrogen) atoms. The smallest absolute Gasteiger partial charge is 0.200 e. The van der Waals surface area contributed by atoms with Crippen LogP contribution in [0.5, 0.6) is 0 Å². The van der Waals surface area contributed by atoms with E-state index in [-0.39, 0.29) is 0 Å². The lowest BCUT2D eigenvalue weighted by atomic mass is 9.94. The summed E-state index contributed by atoms with van der Waals surface area (Å²) in [4.78, 5) is 0. The van der Waals surface area contributed by atoms with Gasteiger partial charge in [0.25, 0.3) is 0 Å². The van der Waals surface area contributed by atoms with Crippen molar-refractivity contribution < 1.29 is 8.85 Å². The van der Waals surface area contributed by atoms with Gasteiger partial charge in [-0.2, -0.15) is 0 Å². The second kappa shape index (κ2) is 13.9. The summed E-state index contributed by atoms with van der Waals surface area (Å²) in [6.07, 6.45) is 1.81. The fourth-order valence-electron chi connectivity index (χ4n) is 6.77. The predicted molar refractivity (Wildman–Crippen MR) is 168 cm³/mol. The molecule has 0 heterocycles. The van der Waals surface area contributed by atoms with Crippen LogP contribution in [0.1, 0.15) is 95.1 Å². The Morgan fingerprint density at radius 3 is 1.26 bits per heavy atom. The summed E-state index contributed by atoms with van der Waals surface area (Å²) in [5.74, 6) is 0. The molecule has 1 aromatic rings. The lowest BCUT2D eigenvalue weighted by Gasteiger charge is -2.47. The maximum Gasteiger partial charge on any atom is 0.200 e. The van der Waals surface area contributed by atoms with Gasteiger partial charge < -0.3 is 14.6 Å². The second-order valence-corrected chi connectivity index (χ2v) is 24.9. The molecule has 0 aliphatic heterocycles. The second-order valence-electron chi connectivity index (χ2n) is 12.7. The molecular formula is C29H56INO2Si2. The van der Waals surface area contributed by atoms with Crippen molar-refractivity contribution in [2.24, 2.45) is 5.73 Å². The molecule has 0 aliphatic carbocycles. The van der Waals surface area contributed by atoms with Gasteiger partial charge in [-0.05, 0) is 86.4 Å². The van der Waals surface area contributed by atoms with E-state index in [1.807, 2.05) is 0 Å². The first kappa shape index (κ1) is 33.3. The van der Waals surface area contributed by atoms with Gasteiger partial charge in [0.05, 0.1) is 18.8 Å². The van der Waals surface area contributed by atoms with Crippen LogP contribution in [0.3, 0.4) is 0 Å². The Morgan fingerprint density at radius 1 is 0.657 bits per heavy atom. The van der Waals surface area contributed by atoms with Gasteiger partial charge in [-0.25, -0.2) is 0 Å². The van der Waals surface area contributed by atoms with Crippen molar-refractivity contribution in [3.63, 3.8) is 0 Å². The first-order valence-corrected chi connectivity index (χ1v) is 19.2. The Hall–Kier alpha value is 0.264. The van der Waals surface area contributed by atoms with E-state index >= 15 is 0 Å². The highest BCUT2D eigenvalue weighted by Crippen LogP contribution is 2.44. The van der Waals surface area contributed by atoms with Crippen LogP contribution in [0, 0.1) is 3.57 Å². The predicted octanol–water partition coefficient (Wildman–Crippen LogP) is 9.31. The highest BCUT2D eigenvalue weighted by atomic mass is 127. The maximum absolute atomic E-state index is 7.28. The molecular weight excluding hydrogens is 577 g/mol. The average molecular weight is 634 g/mol. The Balaban J connectivity index is 3.29. The minimum Gasteiger partial charge on any atom is -0.414 e. The van der Waals surface area contributed by atoms with Gasteiger partial charge in [0, 0.05) is 3.57 Å². The first-order valence-electron chi connectivity index (χ1n) is 13.9. The third kappa shape index (κ3) is 8.12. The minimum absolute atomic E-state index is 0.503. The van der Waals surface area contributed by atoms with Gasteiger partial charge >= 0.3 is 0 Å². The largest absolute Gasteiger partial charge is 0.414 e. The molecule has 0 fully saturated rings. The Morgan fingerprint density at radius 2 is 0.971 bits per heavy atom. The highest BCUT2D eigenvalue weighted by Gasteiger charge is 2.49. The molecule has 0 amide bonds. The molecule has 0 aliphatic rings. The summed E-state index contributed by atoms with van der Waals surface area (Å²) in [6, 6.07) is 8.83. The molecule has 2 N–H and O–H groups in total. The van der Waals surface area contributed by atoms with Crippen LogP contribution in [-0.2, 0) is 15.3 Å². The molecule has 0 saturated heterocycles. The van der Waals surface area contributed by atoms with Crippen LogP contribution < -0.4 is 5.73 Å². The first-order chi connectivity index (χ1) is 16.0. The van der Waals surface area contributed by atoms with Crippen LogP contribution in [0.15, 0.2) is 24.3 Å². The van der Waals surface area contributed by atoms with E-state index in [4.69, 9.17) is 14.6 Å². The molecule has 3 nitrogen and oxygen atoms in total. The quantitative estimate of drug-likeness (QED) is 0.155. The number of rotatable bonds is 15. The van der Waals surface area contributed by atoms with Gasteiger partial charge in [0.1, 0.15) is 0 Å². The van der Waals surface area contributed by atoms with Gasteiger partial charge in [-0.15, -0.1) is 0 Å². The van der Waals surface area contributed by atoms with Crippen LogP contribution >= 0.6 is 22.6 Å². The summed E-state index contributed by atoms with van der Waals surface area (Å²) in [7, 11) is -4.04. The van der Waals surface area contributed by atoms with Crippen molar-refractivity contribution in [1.29, 1.82) is 0 Å². The Kier molecular flexibility index (Phi) is 13.2. The lowest BCUT2D eigenvalue weighted by molar-refractivity contribution is 0.117. The van der Waals surface area contributed by atoms with Crippen LogP contribution in [-0.4, -0.2) is 35.4 Å². The number of hydrogen-bond donors (Lipinski definition) is 1. The molecule has 1 rings (SSSR count). The molecule has 0 aromatic heterocycles. The molecule has 0 spiro atoms. The fourth-order valence-corrected chi connectivity index (χ4v) is 18.2. The van der Waals surface area contributed by atoms with E-state index in [1.165, 1.54) is 9.13 Å². The van der Waals surface area contributed by atoms with Gasteiger partial charge in [0.15, 0.2) is 16.6 Å². The summed E-state index contributed by atoms with van der Waals surface area (Å²) in [5, 5.41) is 0. The number of nitrogens with two attached hydrogens (primary N) is 1. The SMILES string of the molecule is CC(C)[Si](OCC(N)(CCc1ccc(I)cc1)CO[Si](C(C)C)(C(C)C)C(C)C)(C(C)C)C(C)C. The molecule has 0 saturated carbocycles. The number of benzene rings is 1. The zero-order valence-corrected chi connectivity index (χ0v) is 29.0. The van der Waals surface area contributed by atoms with E-state index < -0.39 is 22.2 Å². The summed E-state index contributed by atoms with van der Waals surface area (Å²) in [5.41, 5.74) is 11.4. The zero-order valence-electron chi connectivity index (χ0n) is 24.9. The van der Waals surface area contributed by atoms with Gasteiger partial charge in [-0.3, -0.25) is 0 Å². The van der Waals surface area contributed by atoms with Crippen LogP contribution in [0.25, 0.3) is 0 Å². The third-order valence-corrected chi connectivity index (χ3v) is 21.3. The zero-order chi connectivity index (χ0) is 27.2. The maximum atomic E-state index is 7.28. The van der Waals surface area contributed by atoms with Crippen molar-refractivity contribution in [1.82, 2.24) is 0 Å². The van der Waals surface area contributed by atoms with Crippen LogP contribution in [0.2, 0.25) is 33.2 Å². The summed E-state index contributed by atoms with van der Waals surface area (Å²) in [6.45, 7) is 29.3. The van der Waals surface area contributed by atoms with E-state index in [0.29, 0.717) is 46.5 Å². The monoisotopic (exact) mass is 633 g/mol. The number of hydrogen-bond acceptors (Lipinski definition) is 3. The lowest BCUT2D eigenvalue weighted by Crippen LogP contribution is -2.58. The van der Waals surface area contributed by atoms with Crippen LogP contribution in [0.4, 0.5) is 0 Å². The molecule has 0 atom stereocenters. The molecule has 0 radical (unpaired) electrons. The van der Waals surface area contributed by atoms with Crippen molar-refractivity contribution in [2.75, 3.05) is 13.2 Å². The summed E-state index contributed by atoms with van der Waals surface area (Å²) >= 11 is 2.37. The Labute approximate surface area is 234 Å². The normalized spacial score (nSPS) is 13.9. The van der Waals surface area contributed by atoms with E-state index in [2.05, 4.69) is 130 Å². The third-order valence-electron chi connectivity index (χ3n) is 8.46. The Bertz CT molecular complexity index is 668. The van der Waals surface area contributed by atoms with Crippen molar-refractivity contribution in [3.05, 3.63) is 33.4 Å². The molecule has 0 bridgehead atoms. The minimum atomic E-state index is -2.02. The average Bonchev–Trinajstić information content (AvgIpc) is 2.72. The highest BCUT2D eigenvalue weighted by molar-refractivity contribution is 14.1. The standard InChI is InChI=1S/C29H56INO2Si2/c1-21(2)34(22(3)4,23(5)6)32-19-29(31,18-17-27-13-15-28(30)16-14-27)20-33-35(24(7)8,25(9)10)26(11)12/h13-16,21-26H,17-20,31H2,1-12H3. The van der Waals surface area contributed by atoms with E-state index in [1.54, 1.807) is 0 Å². The fraction of sp³-hybridized carbons (Fsp3) is 0.793.